The van der Waals surface area contributed by atoms with E-state index in [9.17, 15) is 4.79 Å². The van der Waals surface area contributed by atoms with Crippen LogP contribution in [0.1, 0.15) is 20.8 Å². The van der Waals surface area contributed by atoms with Gasteiger partial charge < -0.3 is 10.1 Å². The Morgan fingerprint density at radius 2 is 2.12 bits per heavy atom. The van der Waals surface area contributed by atoms with E-state index in [-0.39, 0.29) is 18.1 Å². The van der Waals surface area contributed by atoms with E-state index in [1.54, 1.807) is 18.2 Å². The molecule has 0 aliphatic heterocycles. The Balaban J connectivity index is 2.57. The lowest BCUT2D eigenvalue weighted by atomic mass is 10.2. The summed E-state index contributed by atoms with van der Waals surface area (Å²) in [6.07, 6.45) is 0. The lowest BCUT2D eigenvalue weighted by molar-refractivity contribution is -0.125. The van der Waals surface area contributed by atoms with E-state index < -0.39 is 0 Å². The summed E-state index contributed by atoms with van der Waals surface area (Å²) < 4.78 is 6.12. The number of carbonyl (C=O) groups excluding carboxylic acids is 1. The summed E-state index contributed by atoms with van der Waals surface area (Å²) in [5, 5.41) is 3.35. The standard InChI is InChI=1S/C12H15BrClNO2/c1-12(2,3)17-7-11(16)15-10-5-4-8(14)6-9(10)13/h4-6H,7H2,1-3H3,(H,15,16). The molecule has 1 amide bonds. The van der Waals surface area contributed by atoms with Crippen LogP contribution in [-0.4, -0.2) is 18.1 Å². The SMILES string of the molecule is CC(C)(C)OCC(=O)Nc1ccc(Cl)cc1Br. The zero-order valence-corrected chi connectivity index (χ0v) is 12.4. The van der Waals surface area contributed by atoms with Gasteiger partial charge in [-0.2, -0.15) is 0 Å². The van der Waals surface area contributed by atoms with Crippen molar-refractivity contribution in [2.45, 2.75) is 26.4 Å². The molecule has 0 aliphatic rings. The van der Waals surface area contributed by atoms with Crippen LogP contribution in [0.15, 0.2) is 22.7 Å². The first-order valence-corrected chi connectivity index (χ1v) is 6.34. The van der Waals surface area contributed by atoms with Crippen molar-refractivity contribution in [1.29, 1.82) is 0 Å². The van der Waals surface area contributed by atoms with Crippen LogP contribution in [0.3, 0.4) is 0 Å². The Morgan fingerprint density at radius 1 is 1.47 bits per heavy atom. The fourth-order valence-electron chi connectivity index (χ4n) is 1.06. The lowest BCUT2D eigenvalue weighted by Crippen LogP contribution is -2.27. The number of ether oxygens (including phenoxy) is 1. The van der Waals surface area contributed by atoms with Gasteiger partial charge in [0.25, 0.3) is 0 Å². The van der Waals surface area contributed by atoms with Gasteiger partial charge in [-0.05, 0) is 54.9 Å². The summed E-state index contributed by atoms with van der Waals surface area (Å²) in [4.78, 5) is 11.6. The second kappa shape index (κ2) is 5.85. The van der Waals surface area contributed by atoms with Gasteiger partial charge in [-0.25, -0.2) is 0 Å². The number of anilines is 1. The molecule has 1 aromatic rings. The highest BCUT2D eigenvalue weighted by molar-refractivity contribution is 9.10. The van der Waals surface area contributed by atoms with Crippen molar-refractivity contribution in [3.05, 3.63) is 27.7 Å². The zero-order valence-electron chi connectivity index (χ0n) is 10.0. The van der Waals surface area contributed by atoms with Crippen molar-refractivity contribution in [2.24, 2.45) is 0 Å². The van der Waals surface area contributed by atoms with Crippen LogP contribution < -0.4 is 5.32 Å². The summed E-state index contributed by atoms with van der Waals surface area (Å²) >= 11 is 9.13. The van der Waals surface area contributed by atoms with Crippen molar-refractivity contribution in [1.82, 2.24) is 0 Å². The molecule has 94 valence electrons. The third-order valence-electron chi connectivity index (χ3n) is 1.84. The highest BCUT2D eigenvalue weighted by Gasteiger charge is 2.13. The Bertz CT molecular complexity index is 415. The number of hydrogen-bond acceptors (Lipinski definition) is 2. The summed E-state index contributed by atoms with van der Waals surface area (Å²) in [6.45, 7) is 5.73. The normalized spacial score (nSPS) is 11.4. The van der Waals surface area contributed by atoms with Crippen molar-refractivity contribution >= 4 is 39.1 Å². The Kier molecular flexibility index (Phi) is 4.98. The highest BCUT2D eigenvalue weighted by atomic mass is 79.9. The molecule has 0 heterocycles. The van der Waals surface area contributed by atoms with Crippen LogP contribution in [0.5, 0.6) is 0 Å². The molecule has 1 aromatic carbocycles. The predicted molar refractivity (Wildman–Crippen MR) is 73.5 cm³/mol. The lowest BCUT2D eigenvalue weighted by Gasteiger charge is -2.19. The van der Waals surface area contributed by atoms with E-state index in [2.05, 4.69) is 21.2 Å². The van der Waals surface area contributed by atoms with Crippen LogP contribution in [0, 0.1) is 0 Å². The molecule has 0 spiro atoms. The number of carbonyl (C=O) groups is 1. The molecule has 0 unspecified atom stereocenters. The van der Waals surface area contributed by atoms with Gasteiger partial charge in [0.15, 0.2) is 0 Å². The van der Waals surface area contributed by atoms with Crippen LogP contribution in [0.4, 0.5) is 5.69 Å². The number of benzene rings is 1. The minimum absolute atomic E-state index is 0.0264. The molecule has 0 aliphatic carbocycles. The van der Waals surface area contributed by atoms with E-state index in [1.807, 2.05) is 20.8 Å². The first-order valence-electron chi connectivity index (χ1n) is 5.17. The van der Waals surface area contributed by atoms with Gasteiger partial charge in [0.05, 0.1) is 11.3 Å². The van der Waals surface area contributed by atoms with Gasteiger partial charge >= 0.3 is 0 Å². The summed E-state index contributed by atoms with van der Waals surface area (Å²) in [6, 6.07) is 5.18. The highest BCUT2D eigenvalue weighted by Crippen LogP contribution is 2.25. The average Bonchev–Trinajstić information content (AvgIpc) is 2.18. The third-order valence-corrected chi connectivity index (χ3v) is 2.73. The Labute approximate surface area is 115 Å². The monoisotopic (exact) mass is 319 g/mol. The predicted octanol–water partition coefficient (Wildman–Crippen LogP) is 3.86. The molecule has 0 bridgehead atoms. The van der Waals surface area contributed by atoms with Crippen LogP contribution in [0.2, 0.25) is 5.02 Å². The van der Waals surface area contributed by atoms with Gasteiger partial charge in [-0.3, -0.25) is 4.79 Å². The Hall–Kier alpha value is -0.580. The van der Waals surface area contributed by atoms with E-state index in [1.165, 1.54) is 0 Å². The van der Waals surface area contributed by atoms with Gasteiger partial charge in [-0.1, -0.05) is 11.6 Å². The molecule has 0 saturated carbocycles. The number of rotatable bonds is 3. The first-order chi connectivity index (χ1) is 7.78. The fraction of sp³-hybridized carbons (Fsp3) is 0.417. The van der Waals surface area contributed by atoms with Crippen molar-refractivity contribution in [2.75, 3.05) is 11.9 Å². The molecule has 0 saturated heterocycles. The second-order valence-corrected chi connectivity index (χ2v) is 5.86. The maximum Gasteiger partial charge on any atom is 0.250 e. The zero-order chi connectivity index (χ0) is 13.1. The molecule has 5 heteroatoms. The van der Waals surface area contributed by atoms with Crippen molar-refractivity contribution in [3.63, 3.8) is 0 Å². The first kappa shape index (κ1) is 14.5. The quantitative estimate of drug-likeness (QED) is 0.918. The van der Waals surface area contributed by atoms with E-state index in [0.717, 1.165) is 4.47 Å². The minimum atomic E-state index is -0.325. The molecule has 17 heavy (non-hydrogen) atoms. The topological polar surface area (TPSA) is 38.3 Å². The average molecular weight is 321 g/mol. The second-order valence-electron chi connectivity index (χ2n) is 4.57. The Morgan fingerprint density at radius 3 is 2.65 bits per heavy atom. The number of halogens is 2. The maximum atomic E-state index is 11.6. The number of amides is 1. The molecule has 0 fully saturated rings. The molecule has 3 nitrogen and oxygen atoms in total. The smallest absolute Gasteiger partial charge is 0.250 e. The molecular weight excluding hydrogens is 305 g/mol. The van der Waals surface area contributed by atoms with Gasteiger partial charge in [0.2, 0.25) is 5.91 Å². The third kappa shape index (κ3) is 5.52. The molecular formula is C12H15BrClNO2. The van der Waals surface area contributed by atoms with E-state index >= 15 is 0 Å². The van der Waals surface area contributed by atoms with Gasteiger partial charge in [-0.15, -0.1) is 0 Å². The van der Waals surface area contributed by atoms with E-state index in [4.69, 9.17) is 16.3 Å². The summed E-state index contributed by atoms with van der Waals surface area (Å²) in [5.74, 6) is -0.192. The minimum Gasteiger partial charge on any atom is -0.366 e. The molecule has 0 aromatic heterocycles. The van der Waals surface area contributed by atoms with Gasteiger partial charge in [0.1, 0.15) is 6.61 Å². The van der Waals surface area contributed by atoms with Crippen molar-refractivity contribution < 1.29 is 9.53 Å². The molecule has 0 atom stereocenters. The summed E-state index contributed by atoms with van der Waals surface area (Å²) in [5.41, 5.74) is 0.353. The fourth-order valence-corrected chi connectivity index (χ4v) is 1.84. The maximum absolute atomic E-state index is 11.6. The molecule has 1 N–H and O–H groups in total. The number of nitrogens with one attached hydrogen (secondary N) is 1. The summed E-state index contributed by atoms with van der Waals surface area (Å²) in [7, 11) is 0. The van der Waals surface area contributed by atoms with Crippen LogP contribution in [0.25, 0.3) is 0 Å². The largest absolute Gasteiger partial charge is 0.366 e. The van der Waals surface area contributed by atoms with Crippen LogP contribution >= 0.6 is 27.5 Å². The number of hydrogen-bond donors (Lipinski definition) is 1. The van der Waals surface area contributed by atoms with Gasteiger partial charge in [0, 0.05) is 9.50 Å². The van der Waals surface area contributed by atoms with E-state index in [0.29, 0.717) is 10.7 Å². The van der Waals surface area contributed by atoms with Crippen LogP contribution in [-0.2, 0) is 9.53 Å². The van der Waals surface area contributed by atoms with Crippen molar-refractivity contribution in [3.8, 4) is 0 Å². The molecule has 1 rings (SSSR count). The molecule has 0 radical (unpaired) electrons.